The van der Waals surface area contributed by atoms with Crippen LogP contribution in [0, 0.1) is 10.1 Å². The van der Waals surface area contributed by atoms with Crippen molar-refractivity contribution in [1.82, 2.24) is 14.5 Å². The lowest BCUT2D eigenvalue weighted by atomic mass is 10.1. The van der Waals surface area contributed by atoms with Crippen molar-refractivity contribution >= 4 is 44.5 Å². The molecule has 9 nitrogen and oxygen atoms in total. The number of halogens is 1. The van der Waals surface area contributed by atoms with Crippen molar-refractivity contribution in [3.8, 4) is 11.8 Å². The number of fused-ring (bicyclic) bond motifs is 2. The average molecular weight is 540 g/mol. The van der Waals surface area contributed by atoms with Crippen LogP contribution < -0.4 is 14.4 Å². The Morgan fingerprint density at radius 2 is 1.95 bits per heavy atom. The Bertz CT molecular complexity index is 1420. The highest BCUT2D eigenvalue weighted by molar-refractivity contribution is 7.19. The molecule has 6 rings (SSSR count). The zero-order valence-corrected chi connectivity index (χ0v) is 21.9. The number of imidazole rings is 1. The van der Waals surface area contributed by atoms with Crippen LogP contribution in [-0.4, -0.2) is 57.8 Å². The largest absolute Gasteiger partial charge is 0.489 e. The number of thiophene rings is 1. The van der Waals surface area contributed by atoms with Gasteiger partial charge in [-0.3, -0.25) is 9.47 Å². The van der Waals surface area contributed by atoms with E-state index in [0.717, 1.165) is 43.5 Å². The Hall–Kier alpha value is -3.34. The van der Waals surface area contributed by atoms with E-state index in [1.54, 1.807) is 4.57 Å². The normalized spacial score (nSPS) is 19.7. The summed E-state index contributed by atoms with van der Waals surface area (Å²) >= 11 is 7.98. The highest BCUT2D eigenvalue weighted by Crippen LogP contribution is 2.32. The molecule has 0 spiro atoms. The molecular formula is C26H26ClN5O4S. The van der Waals surface area contributed by atoms with E-state index in [-0.39, 0.29) is 11.8 Å². The minimum Gasteiger partial charge on any atom is -0.489 e. The van der Waals surface area contributed by atoms with E-state index < -0.39 is 10.5 Å². The number of nitro groups is 1. The molecule has 2 aromatic carbocycles. The molecule has 0 bridgehead atoms. The third-order valence-corrected chi connectivity index (χ3v) is 8.12. The molecule has 1 atom stereocenters. The maximum atomic E-state index is 10.9. The zero-order valence-electron chi connectivity index (χ0n) is 20.3. The number of hydrogen-bond donors (Lipinski definition) is 0. The van der Waals surface area contributed by atoms with Gasteiger partial charge in [-0.15, -0.1) is 11.3 Å². The molecule has 0 aliphatic carbocycles. The Balaban J connectivity index is 0.993. The Labute approximate surface area is 222 Å². The Morgan fingerprint density at radius 3 is 2.68 bits per heavy atom. The van der Waals surface area contributed by atoms with Gasteiger partial charge in [0.15, 0.2) is 5.60 Å². The van der Waals surface area contributed by atoms with Crippen LogP contribution in [0.4, 0.5) is 11.5 Å². The summed E-state index contributed by atoms with van der Waals surface area (Å²) in [7, 11) is 0. The van der Waals surface area contributed by atoms with Crippen molar-refractivity contribution in [2.24, 2.45) is 0 Å². The maximum Gasteiger partial charge on any atom is 0.415 e. The summed E-state index contributed by atoms with van der Waals surface area (Å²) < 4.78 is 14.8. The summed E-state index contributed by atoms with van der Waals surface area (Å²) in [6.07, 6.45) is 1.40. The van der Waals surface area contributed by atoms with Gasteiger partial charge in [-0.25, -0.2) is 0 Å². The van der Waals surface area contributed by atoms with Crippen LogP contribution in [0.1, 0.15) is 11.8 Å². The molecule has 2 aliphatic rings. The van der Waals surface area contributed by atoms with Crippen molar-refractivity contribution in [2.75, 3.05) is 37.7 Å². The highest BCUT2D eigenvalue weighted by Gasteiger charge is 2.41. The molecule has 4 aromatic rings. The van der Waals surface area contributed by atoms with E-state index >= 15 is 0 Å². The number of anilines is 1. The molecule has 11 heteroatoms. The molecule has 37 heavy (non-hydrogen) atoms. The molecule has 192 valence electrons. The molecule has 2 aromatic heterocycles. The van der Waals surface area contributed by atoms with Gasteiger partial charge in [-0.2, -0.15) is 0 Å². The van der Waals surface area contributed by atoms with Crippen LogP contribution in [0.2, 0.25) is 5.02 Å². The number of hydrogen-bond acceptors (Lipinski definition) is 8. The van der Waals surface area contributed by atoms with E-state index in [0.29, 0.717) is 13.2 Å². The minimum atomic E-state index is -0.632. The van der Waals surface area contributed by atoms with E-state index in [1.165, 1.54) is 26.8 Å². The molecule has 2 aliphatic heterocycles. The SMILES string of the molecule is C[C@]1(COc2ccc(N3CCN(Cc4cc5cc(Cl)ccc5s4)CC3)cc2)Cn2cc([N+](=O)[O-])nc2O1. The Kier molecular flexibility index (Phi) is 6.18. The van der Waals surface area contributed by atoms with Gasteiger partial charge in [-0.05, 0) is 65.8 Å². The van der Waals surface area contributed by atoms with E-state index in [2.05, 4.69) is 39.0 Å². The fourth-order valence-electron chi connectivity index (χ4n) is 4.88. The zero-order chi connectivity index (χ0) is 25.6. The number of benzene rings is 2. The van der Waals surface area contributed by atoms with E-state index in [4.69, 9.17) is 21.1 Å². The fourth-order valence-corrected chi connectivity index (χ4v) is 6.15. The van der Waals surface area contributed by atoms with Crippen LogP contribution in [0.5, 0.6) is 11.8 Å². The fraction of sp³-hybridized carbons (Fsp3) is 0.346. The van der Waals surface area contributed by atoms with Gasteiger partial charge >= 0.3 is 11.8 Å². The second-order valence-corrected chi connectivity index (χ2v) is 11.4. The quantitative estimate of drug-likeness (QED) is 0.235. The molecule has 1 fully saturated rings. The van der Waals surface area contributed by atoms with Gasteiger partial charge < -0.3 is 24.5 Å². The van der Waals surface area contributed by atoms with Crippen molar-refractivity contribution < 1.29 is 14.4 Å². The smallest absolute Gasteiger partial charge is 0.415 e. The molecule has 0 saturated carbocycles. The van der Waals surface area contributed by atoms with Gasteiger partial charge in [0.2, 0.25) is 0 Å². The third kappa shape index (κ3) is 5.09. The number of aromatic nitrogens is 2. The average Bonchev–Trinajstić information content (AvgIpc) is 3.54. The van der Waals surface area contributed by atoms with Crippen LogP contribution in [0.15, 0.2) is 54.7 Å². The lowest BCUT2D eigenvalue weighted by molar-refractivity contribution is -0.389. The predicted octanol–water partition coefficient (Wildman–Crippen LogP) is 5.21. The lowest BCUT2D eigenvalue weighted by Gasteiger charge is -2.36. The van der Waals surface area contributed by atoms with Crippen LogP contribution in [0.25, 0.3) is 10.1 Å². The van der Waals surface area contributed by atoms with Crippen molar-refractivity contribution in [3.63, 3.8) is 0 Å². The topological polar surface area (TPSA) is 85.9 Å². The summed E-state index contributed by atoms with van der Waals surface area (Å²) in [6.45, 7) is 7.60. The van der Waals surface area contributed by atoms with Gasteiger partial charge in [0, 0.05) is 58.0 Å². The molecule has 0 amide bonds. The summed E-state index contributed by atoms with van der Waals surface area (Å²) in [5.74, 6) is 0.549. The van der Waals surface area contributed by atoms with Gasteiger partial charge in [-0.1, -0.05) is 11.6 Å². The Morgan fingerprint density at radius 1 is 1.16 bits per heavy atom. The molecule has 0 unspecified atom stereocenters. The number of ether oxygens (including phenoxy) is 2. The van der Waals surface area contributed by atoms with Crippen molar-refractivity contribution in [3.05, 3.63) is 74.7 Å². The van der Waals surface area contributed by atoms with E-state index in [1.807, 2.05) is 42.5 Å². The van der Waals surface area contributed by atoms with Crippen LogP contribution in [0.3, 0.4) is 0 Å². The standard InChI is InChI=1S/C26H26ClN5O4S/c1-26(16-31-15-24(32(33)34)28-25(31)36-26)17-35-21-5-3-20(4-6-21)30-10-8-29(9-11-30)14-22-13-18-12-19(27)2-7-23(18)37-22/h2-7,12-13,15H,8-11,14,16-17H2,1H3/t26-/m1/s1. The summed E-state index contributed by atoms with van der Waals surface area (Å²) in [6, 6.07) is 16.7. The van der Waals surface area contributed by atoms with Crippen LogP contribution in [-0.2, 0) is 13.1 Å². The van der Waals surface area contributed by atoms with Gasteiger partial charge in [0.25, 0.3) is 0 Å². The highest BCUT2D eigenvalue weighted by atomic mass is 35.5. The first kappa shape index (κ1) is 24.0. The molecular weight excluding hydrogens is 514 g/mol. The lowest BCUT2D eigenvalue weighted by Crippen LogP contribution is -2.45. The van der Waals surface area contributed by atoms with Gasteiger partial charge in [0.1, 0.15) is 18.6 Å². The monoisotopic (exact) mass is 539 g/mol. The number of rotatable bonds is 7. The first-order chi connectivity index (χ1) is 17.8. The molecule has 0 N–H and O–H groups in total. The summed E-state index contributed by atoms with van der Waals surface area (Å²) in [5, 5.41) is 12.9. The minimum absolute atomic E-state index is 0.208. The predicted molar refractivity (Wildman–Crippen MR) is 144 cm³/mol. The molecule has 4 heterocycles. The molecule has 1 saturated heterocycles. The summed E-state index contributed by atoms with van der Waals surface area (Å²) in [5.41, 5.74) is 0.548. The van der Waals surface area contributed by atoms with Crippen molar-refractivity contribution in [1.29, 1.82) is 0 Å². The van der Waals surface area contributed by atoms with E-state index in [9.17, 15) is 10.1 Å². The second-order valence-electron chi connectivity index (χ2n) is 9.76. The molecule has 0 radical (unpaired) electrons. The second kappa shape index (κ2) is 9.51. The first-order valence-electron chi connectivity index (χ1n) is 12.1. The summed E-state index contributed by atoms with van der Waals surface area (Å²) in [4.78, 5) is 20.6. The van der Waals surface area contributed by atoms with Crippen LogP contribution >= 0.6 is 22.9 Å². The number of piperazine rings is 1. The third-order valence-electron chi connectivity index (χ3n) is 6.78. The first-order valence-corrected chi connectivity index (χ1v) is 13.3. The van der Waals surface area contributed by atoms with Crippen molar-refractivity contribution in [2.45, 2.75) is 25.6 Å². The van der Waals surface area contributed by atoms with Gasteiger partial charge in [0.05, 0.1) is 6.54 Å². The maximum absolute atomic E-state index is 10.9. The number of nitrogens with zero attached hydrogens (tertiary/aromatic N) is 5.